The topological polar surface area (TPSA) is 88.8 Å². The standard InChI is InChI=1S/C21H20N6/c1-2-14-8-10-15(11-9-14)26-20-19(22)21(25-13-24-20)27-18-7-3-6-17-16(18)5-4-12-23-17/h3-13H,2,22H2,1H3,(H2,24,25,26,27). The van der Waals surface area contributed by atoms with E-state index < -0.39 is 0 Å². The fourth-order valence-electron chi connectivity index (χ4n) is 2.90. The van der Waals surface area contributed by atoms with Crippen LogP contribution in [0.3, 0.4) is 0 Å². The van der Waals surface area contributed by atoms with E-state index in [0.717, 1.165) is 28.7 Å². The Morgan fingerprint density at radius 3 is 2.41 bits per heavy atom. The molecular formula is C21H20N6. The molecule has 0 spiro atoms. The highest BCUT2D eigenvalue weighted by atomic mass is 15.1. The molecule has 6 nitrogen and oxygen atoms in total. The Kier molecular flexibility index (Phi) is 4.53. The number of nitrogens with one attached hydrogen (secondary N) is 2. The van der Waals surface area contributed by atoms with E-state index in [1.807, 2.05) is 42.5 Å². The molecule has 0 aliphatic heterocycles. The number of benzene rings is 2. The summed E-state index contributed by atoms with van der Waals surface area (Å²) in [6, 6.07) is 18.0. The predicted octanol–water partition coefficient (Wildman–Crippen LogP) is 4.66. The van der Waals surface area contributed by atoms with Crippen molar-refractivity contribution in [3.05, 3.63) is 72.7 Å². The van der Waals surface area contributed by atoms with Crippen LogP contribution in [0.4, 0.5) is 28.7 Å². The molecule has 0 unspecified atom stereocenters. The van der Waals surface area contributed by atoms with Gasteiger partial charge in [0.25, 0.3) is 0 Å². The van der Waals surface area contributed by atoms with Gasteiger partial charge in [-0.3, -0.25) is 4.98 Å². The number of rotatable bonds is 5. The van der Waals surface area contributed by atoms with E-state index in [1.165, 1.54) is 11.9 Å². The molecular weight excluding hydrogens is 336 g/mol. The molecule has 0 fully saturated rings. The van der Waals surface area contributed by atoms with Crippen LogP contribution in [-0.4, -0.2) is 15.0 Å². The van der Waals surface area contributed by atoms with Crippen molar-refractivity contribution in [2.24, 2.45) is 0 Å². The summed E-state index contributed by atoms with van der Waals surface area (Å²) in [7, 11) is 0. The first-order valence-electron chi connectivity index (χ1n) is 8.82. The number of pyridine rings is 1. The van der Waals surface area contributed by atoms with E-state index in [2.05, 4.69) is 44.6 Å². The minimum atomic E-state index is 0.456. The number of fused-ring (bicyclic) bond motifs is 1. The number of aryl methyl sites for hydroxylation is 1. The van der Waals surface area contributed by atoms with E-state index in [9.17, 15) is 0 Å². The summed E-state index contributed by atoms with van der Waals surface area (Å²) < 4.78 is 0. The molecule has 4 rings (SSSR count). The smallest absolute Gasteiger partial charge is 0.159 e. The number of anilines is 5. The first kappa shape index (κ1) is 16.8. The highest BCUT2D eigenvalue weighted by molar-refractivity contribution is 5.94. The normalized spacial score (nSPS) is 10.7. The third-order valence-electron chi connectivity index (χ3n) is 4.41. The van der Waals surface area contributed by atoms with Gasteiger partial charge in [0, 0.05) is 23.0 Å². The van der Waals surface area contributed by atoms with Crippen LogP contribution >= 0.6 is 0 Å². The number of aromatic nitrogens is 3. The van der Waals surface area contributed by atoms with Gasteiger partial charge < -0.3 is 16.4 Å². The maximum Gasteiger partial charge on any atom is 0.159 e. The van der Waals surface area contributed by atoms with Crippen LogP contribution in [0.25, 0.3) is 10.9 Å². The van der Waals surface area contributed by atoms with Crippen molar-refractivity contribution >= 4 is 39.6 Å². The van der Waals surface area contributed by atoms with Gasteiger partial charge in [-0.25, -0.2) is 9.97 Å². The van der Waals surface area contributed by atoms with Gasteiger partial charge in [0.2, 0.25) is 0 Å². The first-order chi connectivity index (χ1) is 13.2. The average molecular weight is 356 g/mol. The summed E-state index contributed by atoms with van der Waals surface area (Å²) >= 11 is 0. The van der Waals surface area contributed by atoms with Gasteiger partial charge in [0.15, 0.2) is 11.6 Å². The molecule has 0 saturated heterocycles. The quantitative estimate of drug-likeness (QED) is 0.482. The zero-order valence-electron chi connectivity index (χ0n) is 15.0. The van der Waals surface area contributed by atoms with E-state index >= 15 is 0 Å². The van der Waals surface area contributed by atoms with E-state index in [-0.39, 0.29) is 0 Å². The first-order valence-corrected chi connectivity index (χ1v) is 8.82. The van der Waals surface area contributed by atoms with Crippen molar-refractivity contribution < 1.29 is 0 Å². The monoisotopic (exact) mass is 356 g/mol. The third-order valence-corrected chi connectivity index (χ3v) is 4.41. The van der Waals surface area contributed by atoms with Gasteiger partial charge >= 0.3 is 0 Å². The van der Waals surface area contributed by atoms with Crippen LogP contribution in [0.1, 0.15) is 12.5 Å². The molecule has 2 aromatic heterocycles. The maximum atomic E-state index is 6.31. The molecule has 134 valence electrons. The Labute approximate surface area is 157 Å². The Hall–Kier alpha value is -3.67. The molecule has 0 aliphatic rings. The van der Waals surface area contributed by atoms with E-state index in [0.29, 0.717) is 17.3 Å². The van der Waals surface area contributed by atoms with Crippen molar-refractivity contribution in [2.45, 2.75) is 13.3 Å². The molecule has 0 radical (unpaired) electrons. The van der Waals surface area contributed by atoms with Crippen molar-refractivity contribution in [2.75, 3.05) is 16.4 Å². The van der Waals surface area contributed by atoms with Crippen LogP contribution < -0.4 is 16.4 Å². The molecule has 2 heterocycles. The van der Waals surface area contributed by atoms with Gasteiger partial charge in [-0.05, 0) is 48.4 Å². The second-order valence-electron chi connectivity index (χ2n) is 6.16. The number of nitrogen functional groups attached to an aromatic ring is 1. The molecule has 0 bridgehead atoms. The Morgan fingerprint density at radius 1 is 0.852 bits per heavy atom. The van der Waals surface area contributed by atoms with Crippen LogP contribution in [0, 0.1) is 0 Å². The fraction of sp³-hybridized carbons (Fsp3) is 0.0952. The summed E-state index contributed by atoms with van der Waals surface area (Å²) in [5, 5.41) is 7.56. The van der Waals surface area contributed by atoms with Gasteiger partial charge in [0.05, 0.1) is 5.52 Å². The molecule has 0 saturated carbocycles. The van der Waals surface area contributed by atoms with Crippen molar-refractivity contribution in [3.8, 4) is 0 Å². The molecule has 6 heteroatoms. The predicted molar refractivity (Wildman–Crippen MR) is 111 cm³/mol. The number of hydrogen-bond donors (Lipinski definition) is 3. The van der Waals surface area contributed by atoms with Gasteiger partial charge in [0.1, 0.15) is 12.0 Å². The summed E-state index contributed by atoms with van der Waals surface area (Å²) in [6.45, 7) is 2.13. The Morgan fingerprint density at radius 2 is 1.63 bits per heavy atom. The van der Waals surface area contributed by atoms with Gasteiger partial charge in [-0.15, -0.1) is 0 Å². The largest absolute Gasteiger partial charge is 0.393 e. The Balaban J connectivity index is 1.63. The average Bonchev–Trinajstić information content (AvgIpc) is 2.72. The van der Waals surface area contributed by atoms with Gasteiger partial charge in [-0.1, -0.05) is 25.1 Å². The lowest BCUT2D eigenvalue weighted by molar-refractivity contribution is 1.14. The van der Waals surface area contributed by atoms with Crippen LogP contribution in [0.2, 0.25) is 0 Å². The summed E-state index contributed by atoms with van der Waals surface area (Å²) in [4.78, 5) is 13.0. The summed E-state index contributed by atoms with van der Waals surface area (Å²) in [6.07, 6.45) is 4.27. The van der Waals surface area contributed by atoms with Gasteiger partial charge in [-0.2, -0.15) is 0 Å². The lowest BCUT2D eigenvalue weighted by Gasteiger charge is -2.14. The van der Waals surface area contributed by atoms with Crippen LogP contribution in [0.5, 0.6) is 0 Å². The van der Waals surface area contributed by atoms with Crippen molar-refractivity contribution in [1.29, 1.82) is 0 Å². The van der Waals surface area contributed by atoms with Crippen molar-refractivity contribution in [1.82, 2.24) is 15.0 Å². The third kappa shape index (κ3) is 3.50. The summed E-state index contributed by atoms with van der Waals surface area (Å²) in [5.41, 5.74) is 10.8. The minimum Gasteiger partial charge on any atom is -0.393 e. The molecule has 0 amide bonds. The van der Waals surface area contributed by atoms with E-state index in [4.69, 9.17) is 5.73 Å². The molecule has 27 heavy (non-hydrogen) atoms. The summed E-state index contributed by atoms with van der Waals surface area (Å²) in [5.74, 6) is 1.11. The second-order valence-corrected chi connectivity index (χ2v) is 6.16. The fourth-order valence-corrected chi connectivity index (χ4v) is 2.90. The number of nitrogens with zero attached hydrogens (tertiary/aromatic N) is 3. The molecule has 2 aromatic carbocycles. The molecule has 0 atom stereocenters. The minimum absolute atomic E-state index is 0.456. The SMILES string of the molecule is CCc1ccc(Nc2ncnc(Nc3cccc4ncccc34)c2N)cc1. The molecule has 4 aromatic rings. The highest BCUT2D eigenvalue weighted by Gasteiger charge is 2.10. The van der Waals surface area contributed by atoms with E-state index in [1.54, 1.807) is 6.20 Å². The van der Waals surface area contributed by atoms with Crippen LogP contribution in [0.15, 0.2) is 67.1 Å². The molecule has 4 N–H and O–H groups in total. The van der Waals surface area contributed by atoms with Crippen LogP contribution in [-0.2, 0) is 6.42 Å². The lowest BCUT2D eigenvalue weighted by atomic mass is 10.1. The maximum absolute atomic E-state index is 6.31. The number of hydrogen-bond acceptors (Lipinski definition) is 6. The Bertz CT molecular complexity index is 1070. The number of nitrogens with two attached hydrogens (primary N) is 1. The van der Waals surface area contributed by atoms with Crippen molar-refractivity contribution in [3.63, 3.8) is 0 Å². The zero-order chi connectivity index (χ0) is 18.6. The lowest BCUT2D eigenvalue weighted by Crippen LogP contribution is -2.05. The second kappa shape index (κ2) is 7.29. The highest BCUT2D eigenvalue weighted by Crippen LogP contribution is 2.30. The molecule has 0 aliphatic carbocycles. The zero-order valence-corrected chi connectivity index (χ0v) is 15.0.